The van der Waals surface area contributed by atoms with Crippen molar-refractivity contribution in [2.24, 2.45) is 0 Å². The summed E-state index contributed by atoms with van der Waals surface area (Å²) in [6.45, 7) is 6.62. The van der Waals surface area contributed by atoms with Gasteiger partial charge in [0.2, 0.25) is 5.91 Å². The summed E-state index contributed by atoms with van der Waals surface area (Å²) in [6.07, 6.45) is 0.793. The molecule has 2 aromatic rings. The minimum Gasteiger partial charge on any atom is -0.355 e. The van der Waals surface area contributed by atoms with Crippen molar-refractivity contribution in [3.63, 3.8) is 0 Å². The average Bonchev–Trinajstić information content (AvgIpc) is 2.60. The van der Waals surface area contributed by atoms with Crippen LogP contribution in [0.5, 0.6) is 0 Å². The molecular formula is C19H25N3O2S2. The predicted molar refractivity (Wildman–Crippen MR) is 110 cm³/mol. The molecule has 0 bridgehead atoms. The van der Waals surface area contributed by atoms with Gasteiger partial charge in [0.25, 0.3) is 5.56 Å². The number of rotatable bonds is 9. The van der Waals surface area contributed by atoms with Gasteiger partial charge in [0.1, 0.15) is 0 Å². The highest BCUT2D eigenvalue weighted by atomic mass is 32.2. The molecule has 7 heteroatoms. The Labute approximate surface area is 162 Å². The Morgan fingerprint density at radius 3 is 2.65 bits per heavy atom. The molecule has 0 saturated carbocycles. The lowest BCUT2D eigenvalue weighted by atomic mass is 10.1. The second-order valence-electron chi connectivity index (χ2n) is 6.19. The maximum Gasteiger partial charge on any atom is 0.251 e. The molecule has 1 unspecified atom stereocenters. The van der Waals surface area contributed by atoms with Crippen LogP contribution >= 0.6 is 23.5 Å². The fourth-order valence-electron chi connectivity index (χ4n) is 2.20. The lowest BCUT2D eigenvalue weighted by Crippen LogP contribution is -2.32. The SMILES string of the molecule is CC(C)SCc1cc(=O)[nH]c(SC(C)C(=O)NCCc2ccccc2)n1. The minimum atomic E-state index is -0.332. The van der Waals surface area contributed by atoms with E-state index in [4.69, 9.17) is 0 Å². The van der Waals surface area contributed by atoms with Crippen LogP contribution in [0.25, 0.3) is 0 Å². The molecule has 0 aliphatic rings. The molecule has 2 N–H and O–H groups in total. The summed E-state index contributed by atoms with van der Waals surface area (Å²) < 4.78 is 0. The lowest BCUT2D eigenvalue weighted by Gasteiger charge is -2.12. The van der Waals surface area contributed by atoms with Crippen molar-refractivity contribution in [3.05, 3.63) is 58.0 Å². The van der Waals surface area contributed by atoms with Crippen LogP contribution < -0.4 is 10.9 Å². The van der Waals surface area contributed by atoms with Crippen LogP contribution in [0.15, 0.2) is 46.3 Å². The Hall–Kier alpha value is -1.73. The van der Waals surface area contributed by atoms with Gasteiger partial charge in [0.15, 0.2) is 5.16 Å². The number of aromatic amines is 1. The molecule has 1 atom stereocenters. The van der Waals surface area contributed by atoms with Crippen LogP contribution in [0.1, 0.15) is 32.0 Å². The summed E-state index contributed by atoms with van der Waals surface area (Å²) in [6, 6.07) is 11.6. The van der Waals surface area contributed by atoms with Gasteiger partial charge in [-0.25, -0.2) is 4.98 Å². The molecule has 1 aromatic carbocycles. The van der Waals surface area contributed by atoms with Crippen molar-refractivity contribution in [3.8, 4) is 0 Å². The maximum atomic E-state index is 12.3. The van der Waals surface area contributed by atoms with Gasteiger partial charge in [0.05, 0.1) is 10.9 Å². The summed E-state index contributed by atoms with van der Waals surface area (Å²) in [5, 5.41) is 3.57. The summed E-state index contributed by atoms with van der Waals surface area (Å²) in [5.41, 5.74) is 1.75. The number of carbonyl (C=O) groups is 1. The summed E-state index contributed by atoms with van der Waals surface area (Å²) in [5.74, 6) is 0.628. The molecule has 140 valence electrons. The molecule has 26 heavy (non-hydrogen) atoms. The van der Waals surface area contributed by atoms with Crippen LogP contribution in [0.2, 0.25) is 0 Å². The first-order valence-electron chi connectivity index (χ1n) is 8.64. The van der Waals surface area contributed by atoms with Gasteiger partial charge in [-0.05, 0) is 24.2 Å². The Kier molecular flexibility index (Phi) is 8.25. The van der Waals surface area contributed by atoms with E-state index >= 15 is 0 Å². The zero-order valence-corrected chi connectivity index (χ0v) is 17.0. The van der Waals surface area contributed by atoms with Crippen LogP contribution in [0.4, 0.5) is 0 Å². The number of thioether (sulfide) groups is 2. The summed E-state index contributed by atoms with van der Waals surface area (Å²) in [7, 11) is 0. The zero-order valence-electron chi connectivity index (χ0n) is 15.3. The molecular weight excluding hydrogens is 366 g/mol. The van der Waals surface area contributed by atoms with Gasteiger partial charge < -0.3 is 10.3 Å². The maximum absolute atomic E-state index is 12.3. The molecule has 0 aliphatic carbocycles. The highest BCUT2D eigenvalue weighted by molar-refractivity contribution is 8.00. The molecule has 2 rings (SSSR count). The molecule has 0 aliphatic heterocycles. The second kappa shape index (κ2) is 10.4. The number of H-pyrrole nitrogens is 1. The molecule has 1 amide bonds. The number of hydrogen-bond donors (Lipinski definition) is 2. The van der Waals surface area contributed by atoms with E-state index in [9.17, 15) is 9.59 Å². The molecule has 0 fully saturated rings. The van der Waals surface area contributed by atoms with Crippen LogP contribution in [0.3, 0.4) is 0 Å². The smallest absolute Gasteiger partial charge is 0.251 e. The number of nitrogens with zero attached hydrogens (tertiary/aromatic N) is 1. The molecule has 0 spiro atoms. The van der Waals surface area contributed by atoms with E-state index < -0.39 is 0 Å². The van der Waals surface area contributed by atoms with E-state index in [0.29, 0.717) is 22.7 Å². The average molecular weight is 392 g/mol. The molecule has 1 heterocycles. The second-order valence-corrected chi connectivity index (χ2v) is 9.08. The van der Waals surface area contributed by atoms with Gasteiger partial charge in [-0.3, -0.25) is 9.59 Å². The third-order valence-electron chi connectivity index (χ3n) is 3.55. The number of aromatic nitrogens is 2. The van der Waals surface area contributed by atoms with Crippen molar-refractivity contribution >= 4 is 29.4 Å². The minimum absolute atomic E-state index is 0.0597. The molecule has 1 aromatic heterocycles. The normalized spacial score (nSPS) is 12.2. The van der Waals surface area contributed by atoms with Gasteiger partial charge in [-0.15, -0.1) is 0 Å². The monoisotopic (exact) mass is 391 g/mol. The summed E-state index contributed by atoms with van der Waals surface area (Å²) in [4.78, 5) is 31.3. The zero-order chi connectivity index (χ0) is 18.9. The number of nitrogens with one attached hydrogen (secondary N) is 2. The van der Waals surface area contributed by atoms with Crippen LogP contribution in [-0.4, -0.2) is 32.9 Å². The Morgan fingerprint density at radius 1 is 1.23 bits per heavy atom. The van der Waals surface area contributed by atoms with Gasteiger partial charge in [-0.2, -0.15) is 11.8 Å². The first-order chi connectivity index (χ1) is 12.4. The van der Waals surface area contributed by atoms with Crippen molar-refractivity contribution in [1.29, 1.82) is 0 Å². The largest absolute Gasteiger partial charge is 0.355 e. The third-order valence-corrected chi connectivity index (χ3v) is 5.66. The molecule has 0 saturated heterocycles. The number of hydrogen-bond acceptors (Lipinski definition) is 5. The molecule has 0 radical (unpaired) electrons. The topological polar surface area (TPSA) is 74.8 Å². The molecule has 5 nitrogen and oxygen atoms in total. The van der Waals surface area contributed by atoms with E-state index in [1.165, 1.54) is 23.4 Å². The fourth-order valence-corrected chi connectivity index (χ4v) is 3.71. The van der Waals surface area contributed by atoms with Crippen molar-refractivity contribution in [1.82, 2.24) is 15.3 Å². The van der Waals surface area contributed by atoms with Crippen LogP contribution in [-0.2, 0) is 17.0 Å². The number of carbonyl (C=O) groups excluding carboxylic acids is 1. The predicted octanol–water partition coefficient (Wildman–Crippen LogP) is 3.25. The van der Waals surface area contributed by atoms with Gasteiger partial charge in [-0.1, -0.05) is 55.9 Å². The quantitative estimate of drug-likeness (QED) is 0.507. The number of benzene rings is 1. The van der Waals surface area contributed by atoms with Crippen molar-refractivity contribution < 1.29 is 4.79 Å². The van der Waals surface area contributed by atoms with E-state index in [0.717, 1.165) is 12.1 Å². The Bertz CT molecular complexity index is 763. The Morgan fingerprint density at radius 2 is 1.96 bits per heavy atom. The highest BCUT2D eigenvalue weighted by Gasteiger charge is 2.16. The van der Waals surface area contributed by atoms with Gasteiger partial charge in [0, 0.05) is 18.4 Å². The van der Waals surface area contributed by atoms with Crippen LogP contribution in [0, 0.1) is 0 Å². The fraction of sp³-hybridized carbons (Fsp3) is 0.421. The first kappa shape index (κ1) is 20.6. The van der Waals surface area contributed by atoms with E-state index in [2.05, 4.69) is 29.1 Å². The lowest BCUT2D eigenvalue weighted by molar-refractivity contribution is -0.120. The van der Waals surface area contributed by atoms with Crippen molar-refractivity contribution in [2.75, 3.05) is 6.54 Å². The Balaban J connectivity index is 1.86. The van der Waals surface area contributed by atoms with Gasteiger partial charge >= 0.3 is 0 Å². The van der Waals surface area contributed by atoms with E-state index in [-0.39, 0.29) is 16.7 Å². The van der Waals surface area contributed by atoms with Crippen molar-refractivity contribution in [2.45, 2.75) is 48.6 Å². The standard InChI is InChI=1S/C19H25N3O2S2/c1-13(2)25-12-16-11-17(23)22-19(21-16)26-14(3)18(24)20-10-9-15-7-5-4-6-8-15/h4-8,11,13-14H,9-10,12H2,1-3H3,(H,20,24)(H,21,22,23). The highest BCUT2D eigenvalue weighted by Crippen LogP contribution is 2.20. The number of amides is 1. The third kappa shape index (κ3) is 7.25. The van der Waals surface area contributed by atoms with E-state index in [1.54, 1.807) is 11.8 Å². The summed E-state index contributed by atoms with van der Waals surface area (Å²) >= 11 is 3.00. The first-order valence-corrected chi connectivity index (χ1v) is 10.6. The van der Waals surface area contributed by atoms with E-state index in [1.807, 2.05) is 37.3 Å².